The highest BCUT2D eigenvalue weighted by Crippen LogP contribution is 2.25. The number of nitrogens with two attached hydrogens (primary N) is 1. The van der Waals surface area contributed by atoms with E-state index < -0.39 is 0 Å². The van der Waals surface area contributed by atoms with Gasteiger partial charge in [-0.3, -0.25) is 4.79 Å². The van der Waals surface area contributed by atoms with Crippen molar-refractivity contribution in [3.8, 4) is 0 Å². The second-order valence-electron chi connectivity index (χ2n) is 4.04. The van der Waals surface area contributed by atoms with Gasteiger partial charge in [0, 0.05) is 12.7 Å². The van der Waals surface area contributed by atoms with Crippen molar-refractivity contribution in [3.63, 3.8) is 0 Å². The largest absolute Gasteiger partial charge is 0.399 e. The second-order valence-corrected chi connectivity index (χ2v) is 4.04. The van der Waals surface area contributed by atoms with Crippen LogP contribution in [-0.4, -0.2) is 25.7 Å². The summed E-state index contributed by atoms with van der Waals surface area (Å²) in [6, 6.07) is 5.92. The number of carbonyl (C=O) groups is 1. The molecular weight excluding hydrogens is 204 g/mol. The Morgan fingerprint density at radius 1 is 1.50 bits per heavy atom. The fourth-order valence-electron chi connectivity index (χ4n) is 1.98. The van der Waals surface area contributed by atoms with Crippen LogP contribution in [0.2, 0.25) is 0 Å². The quantitative estimate of drug-likeness (QED) is 0.729. The molecule has 0 aromatic heterocycles. The van der Waals surface area contributed by atoms with Gasteiger partial charge < -0.3 is 15.8 Å². The van der Waals surface area contributed by atoms with E-state index in [0.29, 0.717) is 0 Å². The van der Waals surface area contributed by atoms with E-state index in [2.05, 4.69) is 5.32 Å². The Morgan fingerprint density at radius 3 is 3.00 bits per heavy atom. The molecule has 2 rings (SSSR count). The topological polar surface area (TPSA) is 64.3 Å². The molecule has 1 aromatic rings. The third-order valence-electron chi connectivity index (χ3n) is 2.85. The van der Waals surface area contributed by atoms with Crippen molar-refractivity contribution in [1.29, 1.82) is 0 Å². The highest BCUT2D eigenvalue weighted by atomic mass is 16.5. The van der Waals surface area contributed by atoms with E-state index in [1.807, 2.05) is 18.2 Å². The summed E-state index contributed by atoms with van der Waals surface area (Å²) in [5.74, 6) is -0.0875. The molecule has 0 heterocycles. The van der Waals surface area contributed by atoms with E-state index >= 15 is 0 Å². The van der Waals surface area contributed by atoms with Crippen LogP contribution in [0, 0.1) is 0 Å². The van der Waals surface area contributed by atoms with Crippen LogP contribution in [0.4, 0.5) is 5.69 Å². The minimum Gasteiger partial charge on any atom is -0.399 e. The first-order valence-electron chi connectivity index (χ1n) is 5.38. The van der Waals surface area contributed by atoms with Crippen molar-refractivity contribution in [2.45, 2.75) is 18.9 Å². The number of benzene rings is 1. The molecule has 0 saturated carbocycles. The fourth-order valence-corrected chi connectivity index (χ4v) is 1.98. The first-order valence-corrected chi connectivity index (χ1v) is 5.38. The lowest BCUT2D eigenvalue weighted by atomic mass is 10.1. The van der Waals surface area contributed by atoms with Gasteiger partial charge in [0.25, 0.3) is 0 Å². The van der Waals surface area contributed by atoms with Crippen molar-refractivity contribution in [2.75, 3.05) is 19.4 Å². The number of amides is 1. The number of hydrogen-bond acceptors (Lipinski definition) is 3. The standard InChI is InChI=1S/C12H16N2O2/c1-14-12(15)7-16-11-5-8-2-3-10(13)4-9(8)6-11/h2-4,11H,5-7,13H2,1H3,(H,14,15). The highest BCUT2D eigenvalue weighted by molar-refractivity contribution is 5.76. The molecule has 0 radical (unpaired) electrons. The predicted molar refractivity (Wildman–Crippen MR) is 62.1 cm³/mol. The summed E-state index contributed by atoms with van der Waals surface area (Å²) < 4.78 is 5.53. The maximum absolute atomic E-state index is 11.0. The Kier molecular flexibility index (Phi) is 3.10. The van der Waals surface area contributed by atoms with Crippen LogP contribution >= 0.6 is 0 Å². The van der Waals surface area contributed by atoms with Crippen LogP contribution < -0.4 is 11.1 Å². The zero-order chi connectivity index (χ0) is 11.5. The van der Waals surface area contributed by atoms with Crippen LogP contribution in [0.25, 0.3) is 0 Å². The summed E-state index contributed by atoms with van der Waals surface area (Å²) >= 11 is 0. The summed E-state index contributed by atoms with van der Waals surface area (Å²) in [5, 5.41) is 2.54. The molecule has 1 atom stereocenters. The van der Waals surface area contributed by atoms with Crippen molar-refractivity contribution >= 4 is 11.6 Å². The van der Waals surface area contributed by atoms with E-state index in [0.717, 1.165) is 18.5 Å². The monoisotopic (exact) mass is 220 g/mol. The SMILES string of the molecule is CNC(=O)COC1Cc2ccc(N)cc2C1. The predicted octanol–water partition coefficient (Wildman–Crippen LogP) is 0.499. The number of hydrogen-bond donors (Lipinski definition) is 2. The van der Waals surface area contributed by atoms with E-state index in [1.165, 1.54) is 11.1 Å². The lowest BCUT2D eigenvalue weighted by Gasteiger charge is -2.09. The molecule has 0 bridgehead atoms. The molecule has 0 saturated heterocycles. The molecule has 0 fully saturated rings. The maximum Gasteiger partial charge on any atom is 0.245 e. The van der Waals surface area contributed by atoms with Crippen molar-refractivity contribution in [3.05, 3.63) is 29.3 Å². The van der Waals surface area contributed by atoms with Gasteiger partial charge in [0.15, 0.2) is 0 Å². The minimum absolute atomic E-state index is 0.0875. The molecular formula is C12H16N2O2. The van der Waals surface area contributed by atoms with Crippen LogP contribution in [0.5, 0.6) is 0 Å². The second kappa shape index (κ2) is 4.53. The van der Waals surface area contributed by atoms with Crippen LogP contribution in [0.1, 0.15) is 11.1 Å². The zero-order valence-corrected chi connectivity index (χ0v) is 9.32. The third kappa shape index (κ3) is 2.33. The molecule has 86 valence electrons. The molecule has 1 aromatic carbocycles. The highest BCUT2D eigenvalue weighted by Gasteiger charge is 2.22. The van der Waals surface area contributed by atoms with Crippen LogP contribution in [0.15, 0.2) is 18.2 Å². The van der Waals surface area contributed by atoms with Gasteiger partial charge in [-0.2, -0.15) is 0 Å². The summed E-state index contributed by atoms with van der Waals surface area (Å²) in [5.41, 5.74) is 9.01. The number of nitrogen functional groups attached to an aromatic ring is 1. The molecule has 1 aliphatic rings. The maximum atomic E-state index is 11.0. The number of carbonyl (C=O) groups excluding carboxylic acids is 1. The molecule has 16 heavy (non-hydrogen) atoms. The van der Waals surface area contributed by atoms with Crippen molar-refractivity contribution in [2.24, 2.45) is 0 Å². The number of anilines is 1. The smallest absolute Gasteiger partial charge is 0.245 e. The van der Waals surface area contributed by atoms with Gasteiger partial charge in [-0.15, -0.1) is 0 Å². The molecule has 1 amide bonds. The zero-order valence-electron chi connectivity index (χ0n) is 9.32. The van der Waals surface area contributed by atoms with Crippen molar-refractivity contribution < 1.29 is 9.53 Å². The van der Waals surface area contributed by atoms with Gasteiger partial charge in [0.05, 0.1) is 6.10 Å². The van der Waals surface area contributed by atoms with E-state index in [4.69, 9.17) is 10.5 Å². The number of ether oxygens (including phenoxy) is 1. The molecule has 4 nitrogen and oxygen atoms in total. The Bertz CT molecular complexity index is 404. The van der Waals surface area contributed by atoms with Gasteiger partial charge in [-0.25, -0.2) is 0 Å². The van der Waals surface area contributed by atoms with Gasteiger partial charge in [0.2, 0.25) is 5.91 Å². The van der Waals surface area contributed by atoms with E-state index in [1.54, 1.807) is 7.05 Å². The third-order valence-corrected chi connectivity index (χ3v) is 2.85. The molecule has 1 unspecified atom stereocenters. The first-order chi connectivity index (χ1) is 7.69. The minimum atomic E-state index is -0.0875. The van der Waals surface area contributed by atoms with E-state index in [9.17, 15) is 4.79 Å². The number of rotatable bonds is 3. The Labute approximate surface area is 94.8 Å². The Morgan fingerprint density at radius 2 is 2.25 bits per heavy atom. The summed E-state index contributed by atoms with van der Waals surface area (Å²) in [6.07, 6.45) is 1.82. The summed E-state index contributed by atoms with van der Waals surface area (Å²) in [4.78, 5) is 11.0. The van der Waals surface area contributed by atoms with Crippen molar-refractivity contribution in [1.82, 2.24) is 5.32 Å². The molecule has 3 N–H and O–H groups in total. The van der Waals surface area contributed by atoms with Crippen LogP contribution in [-0.2, 0) is 22.4 Å². The lowest BCUT2D eigenvalue weighted by Crippen LogP contribution is -2.27. The molecule has 0 spiro atoms. The average Bonchev–Trinajstić information content (AvgIpc) is 2.67. The Balaban J connectivity index is 1.93. The normalized spacial score (nSPS) is 18.2. The first kappa shape index (κ1) is 11.0. The molecule has 1 aliphatic carbocycles. The number of fused-ring (bicyclic) bond motifs is 1. The number of nitrogens with one attached hydrogen (secondary N) is 1. The van der Waals surface area contributed by atoms with E-state index in [-0.39, 0.29) is 18.6 Å². The van der Waals surface area contributed by atoms with Gasteiger partial charge in [-0.1, -0.05) is 6.07 Å². The van der Waals surface area contributed by atoms with Crippen LogP contribution in [0.3, 0.4) is 0 Å². The van der Waals surface area contributed by atoms with Gasteiger partial charge in [-0.05, 0) is 36.1 Å². The Hall–Kier alpha value is -1.55. The summed E-state index contributed by atoms with van der Waals surface area (Å²) in [7, 11) is 1.61. The molecule has 0 aliphatic heterocycles. The van der Waals surface area contributed by atoms with Gasteiger partial charge in [0.1, 0.15) is 6.61 Å². The lowest BCUT2D eigenvalue weighted by molar-refractivity contribution is -0.127. The molecule has 4 heteroatoms. The average molecular weight is 220 g/mol. The fraction of sp³-hybridized carbons (Fsp3) is 0.417. The van der Waals surface area contributed by atoms with Gasteiger partial charge >= 0.3 is 0 Å². The summed E-state index contributed by atoms with van der Waals surface area (Å²) in [6.45, 7) is 0.130. The number of likely N-dealkylation sites (N-methyl/N-ethyl adjacent to an activating group) is 1.